The molecule has 0 spiro atoms. The van der Waals surface area contributed by atoms with Gasteiger partial charge in [-0.3, -0.25) is 19.2 Å². The molecule has 0 N–H and O–H groups in total. The zero-order valence-corrected chi connectivity index (χ0v) is 27.4. The van der Waals surface area contributed by atoms with Crippen LogP contribution >= 0.6 is 0 Å². The third-order valence-corrected chi connectivity index (χ3v) is 8.84. The van der Waals surface area contributed by atoms with Crippen LogP contribution < -0.4 is 14.5 Å². The maximum absolute atomic E-state index is 14.3. The van der Waals surface area contributed by atoms with Gasteiger partial charge in [0.25, 0.3) is 23.6 Å². The topological polar surface area (TPSA) is 108 Å². The Morgan fingerprint density at radius 1 is 0.474 bits per heavy atom. The van der Waals surface area contributed by atoms with E-state index in [1.54, 1.807) is 6.07 Å². The van der Waals surface area contributed by atoms with Gasteiger partial charge in [-0.25, -0.2) is 9.80 Å². The molecule has 0 radical (unpaired) electrons. The number of imide groups is 2. The standard InChI is InChI=1S/C37H13F12N3O5/c38-34(39,40)16-7-17(35(41,42)43)10-20(9-16)51-30(53)23-5-6-24-28-27(23)25(32(51)55)13-26(57-22-3-1-15(14-50)2-4-22)29(28)33(56)52(31(24)54)21-11-18(36(44,45)46)8-19(12-21)37(47,48)49/h1-13H. The predicted molar refractivity (Wildman–Crippen MR) is 170 cm³/mol. The van der Waals surface area contributed by atoms with Gasteiger partial charge in [-0.2, -0.15) is 57.9 Å². The Bertz CT molecular complexity index is 2590. The van der Waals surface area contributed by atoms with Crippen molar-refractivity contribution in [2.45, 2.75) is 24.7 Å². The summed E-state index contributed by atoms with van der Waals surface area (Å²) >= 11 is 0. The lowest BCUT2D eigenvalue weighted by molar-refractivity contribution is -0.144. The van der Waals surface area contributed by atoms with Gasteiger partial charge in [-0.05, 0) is 78.9 Å². The highest BCUT2D eigenvalue weighted by atomic mass is 19.4. The normalized spacial score (nSPS) is 14.7. The summed E-state index contributed by atoms with van der Waals surface area (Å²) in [7, 11) is 0. The van der Waals surface area contributed by atoms with Crippen molar-refractivity contribution >= 4 is 45.8 Å². The number of alkyl halides is 12. The molecule has 2 heterocycles. The molecule has 7 rings (SSSR count). The van der Waals surface area contributed by atoms with Gasteiger partial charge in [-0.1, -0.05) is 0 Å². The first-order valence-electron chi connectivity index (χ1n) is 15.6. The fourth-order valence-electron chi connectivity index (χ4n) is 6.34. The number of anilines is 2. The number of benzene rings is 5. The molecule has 0 bridgehead atoms. The molecule has 4 amide bonds. The monoisotopic (exact) mass is 807 g/mol. The van der Waals surface area contributed by atoms with E-state index < -0.39 is 121 Å². The third-order valence-electron chi connectivity index (χ3n) is 8.84. The van der Waals surface area contributed by atoms with Crippen molar-refractivity contribution in [3.8, 4) is 17.6 Å². The van der Waals surface area contributed by atoms with E-state index >= 15 is 0 Å². The van der Waals surface area contributed by atoms with Crippen LogP contribution in [0.4, 0.5) is 64.1 Å². The lowest BCUT2D eigenvalue weighted by Crippen LogP contribution is -2.44. The van der Waals surface area contributed by atoms with Crippen LogP contribution in [0, 0.1) is 11.3 Å². The Hall–Kier alpha value is -6.91. The number of nitriles is 1. The number of amides is 4. The molecule has 5 aromatic rings. The zero-order chi connectivity index (χ0) is 41.7. The van der Waals surface area contributed by atoms with Crippen LogP contribution in [0.3, 0.4) is 0 Å². The lowest BCUT2D eigenvalue weighted by atomic mass is 9.84. The Kier molecular flexibility index (Phi) is 8.45. The number of hydrogen-bond donors (Lipinski definition) is 0. The van der Waals surface area contributed by atoms with Crippen molar-refractivity contribution in [3.63, 3.8) is 0 Å². The predicted octanol–water partition coefficient (Wildman–Crippen LogP) is 10.2. The second kappa shape index (κ2) is 12.6. The highest BCUT2D eigenvalue weighted by Gasteiger charge is 2.46. The van der Waals surface area contributed by atoms with Gasteiger partial charge < -0.3 is 4.74 Å². The van der Waals surface area contributed by atoms with Gasteiger partial charge in [0, 0.05) is 21.9 Å². The van der Waals surface area contributed by atoms with Gasteiger partial charge >= 0.3 is 24.7 Å². The van der Waals surface area contributed by atoms with E-state index in [4.69, 9.17) is 4.74 Å². The fraction of sp³-hybridized carbons (Fsp3) is 0.108. The molecule has 0 unspecified atom stereocenters. The molecule has 8 nitrogen and oxygen atoms in total. The summed E-state index contributed by atoms with van der Waals surface area (Å²) in [5, 5.41) is 8.01. The number of nitrogens with zero attached hydrogens (tertiary/aromatic N) is 3. The van der Waals surface area contributed by atoms with Crippen LogP contribution in [0.2, 0.25) is 0 Å². The molecule has 0 aromatic heterocycles. The molecule has 0 saturated heterocycles. The van der Waals surface area contributed by atoms with Crippen molar-refractivity contribution < 1.29 is 76.6 Å². The summed E-state index contributed by atoms with van der Waals surface area (Å²) in [5.41, 5.74) is -12.8. The molecule has 0 saturated carbocycles. The van der Waals surface area contributed by atoms with Crippen molar-refractivity contribution in [1.82, 2.24) is 0 Å². The minimum Gasteiger partial charge on any atom is -0.456 e. The molecule has 0 aliphatic carbocycles. The van der Waals surface area contributed by atoms with E-state index in [0.29, 0.717) is 6.07 Å². The van der Waals surface area contributed by atoms with Crippen LogP contribution in [-0.4, -0.2) is 23.6 Å². The van der Waals surface area contributed by atoms with Crippen molar-refractivity contribution in [3.05, 3.63) is 129 Å². The van der Waals surface area contributed by atoms with Gasteiger partial charge in [0.15, 0.2) is 0 Å². The van der Waals surface area contributed by atoms with Gasteiger partial charge in [0.2, 0.25) is 0 Å². The summed E-state index contributed by atoms with van der Waals surface area (Å²) in [6, 6.07) is 8.64. The Labute approximate surface area is 308 Å². The fourth-order valence-corrected chi connectivity index (χ4v) is 6.34. The van der Waals surface area contributed by atoms with E-state index in [2.05, 4.69) is 0 Å². The van der Waals surface area contributed by atoms with E-state index in [-0.39, 0.29) is 57.5 Å². The highest BCUT2D eigenvalue weighted by Crippen LogP contribution is 2.47. The third kappa shape index (κ3) is 6.43. The molecular weight excluding hydrogens is 794 g/mol. The summed E-state index contributed by atoms with van der Waals surface area (Å²) in [5.74, 6) is -7.27. The molecule has 290 valence electrons. The average molecular weight is 808 g/mol. The lowest BCUT2D eigenvalue weighted by Gasteiger charge is -2.33. The molecule has 20 heteroatoms. The van der Waals surface area contributed by atoms with Crippen molar-refractivity contribution in [1.29, 1.82) is 5.26 Å². The quantitative estimate of drug-likeness (QED) is 0.132. The Balaban J connectivity index is 1.49. The Morgan fingerprint density at radius 2 is 0.860 bits per heavy atom. The Morgan fingerprint density at radius 3 is 1.26 bits per heavy atom. The number of hydrogen-bond acceptors (Lipinski definition) is 6. The zero-order valence-electron chi connectivity index (χ0n) is 27.4. The summed E-state index contributed by atoms with van der Waals surface area (Å²) in [6.07, 6.45) is -21.7. The molecule has 2 aliphatic heterocycles. The largest absolute Gasteiger partial charge is 0.456 e. The molecule has 57 heavy (non-hydrogen) atoms. The summed E-state index contributed by atoms with van der Waals surface area (Å²) in [6.45, 7) is 0. The molecule has 0 fully saturated rings. The van der Waals surface area contributed by atoms with Crippen molar-refractivity contribution in [2.75, 3.05) is 9.80 Å². The number of halogens is 12. The van der Waals surface area contributed by atoms with E-state index in [0.717, 1.165) is 24.3 Å². The molecular formula is C37H13F12N3O5. The number of carbonyl (C=O) groups excluding carboxylic acids is 4. The minimum absolute atomic E-state index is 0.0184. The van der Waals surface area contributed by atoms with E-state index in [1.807, 2.05) is 0 Å². The van der Waals surface area contributed by atoms with E-state index in [9.17, 15) is 77.1 Å². The molecule has 2 aliphatic rings. The van der Waals surface area contributed by atoms with Crippen LogP contribution in [0.15, 0.2) is 78.9 Å². The maximum Gasteiger partial charge on any atom is 0.416 e. The highest BCUT2D eigenvalue weighted by molar-refractivity contribution is 6.43. The average Bonchev–Trinajstić information content (AvgIpc) is 3.12. The second-order valence-corrected chi connectivity index (χ2v) is 12.4. The number of carbonyl (C=O) groups is 4. The molecule has 5 aromatic carbocycles. The second-order valence-electron chi connectivity index (χ2n) is 12.4. The van der Waals surface area contributed by atoms with Gasteiger partial charge in [0.05, 0.1) is 56.4 Å². The van der Waals surface area contributed by atoms with E-state index in [1.165, 1.54) is 12.1 Å². The first kappa shape index (κ1) is 38.4. The minimum atomic E-state index is -5.42. The smallest absolute Gasteiger partial charge is 0.416 e. The van der Waals surface area contributed by atoms with Crippen LogP contribution in [0.1, 0.15) is 69.2 Å². The maximum atomic E-state index is 14.3. The van der Waals surface area contributed by atoms with Gasteiger partial charge in [-0.15, -0.1) is 0 Å². The van der Waals surface area contributed by atoms with Crippen molar-refractivity contribution in [2.24, 2.45) is 0 Å². The summed E-state index contributed by atoms with van der Waals surface area (Å²) in [4.78, 5) is 56.3. The summed E-state index contributed by atoms with van der Waals surface area (Å²) < 4.78 is 171. The van der Waals surface area contributed by atoms with Crippen LogP contribution in [-0.2, 0) is 24.7 Å². The number of rotatable bonds is 4. The van der Waals surface area contributed by atoms with Gasteiger partial charge in [0.1, 0.15) is 11.5 Å². The molecule has 0 atom stereocenters. The first-order valence-corrected chi connectivity index (χ1v) is 15.6. The first-order chi connectivity index (χ1) is 26.4. The SMILES string of the molecule is N#Cc1ccc(Oc2cc3c4c(ccc5c4c2C(=O)N(c2cc(C(F)(F)F)cc(C(F)(F)F)c2)C5=O)C(=O)N(c2cc(C(F)(F)F)cc(C(F)(F)F)c2)C3=O)cc1. The number of ether oxygens (including phenoxy) is 1. The van der Waals surface area contributed by atoms with Crippen LogP contribution in [0.5, 0.6) is 11.5 Å². The van der Waals surface area contributed by atoms with Crippen LogP contribution in [0.25, 0.3) is 10.8 Å².